The predicted molar refractivity (Wildman–Crippen MR) is 92.4 cm³/mol. The first-order valence-electron chi connectivity index (χ1n) is 7.46. The molecule has 3 rings (SSSR count). The van der Waals surface area contributed by atoms with Crippen LogP contribution in [0.1, 0.15) is 34.5 Å². The van der Waals surface area contributed by atoms with Gasteiger partial charge in [0.1, 0.15) is 4.21 Å². The van der Waals surface area contributed by atoms with E-state index >= 15 is 0 Å². The first-order chi connectivity index (χ1) is 11.1. The molecule has 0 saturated carbocycles. The summed E-state index contributed by atoms with van der Waals surface area (Å²) in [5.74, 6) is -0.139. The van der Waals surface area contributed by atoms with E-state index in [2.05, 4.69) is 5.32 Å². The summed E-state index contributed by atoms with van der Waals surface area (Å²) in [6.07, 6.45) is 2.94. The van der Waals surface area contributed by atoms with Crippen molar-refractivity contribution in [2.45, 2.75) is 30.0 Å². The van der Waals surface area contributed by atoms with E-state index in [1.807, 2.05) is 5.38 Å². The van der Waals surface area contributed by atoms with E-state index < -0.39 is 10.0 Å². The van der Waals surface area contributed by atoms with E-state index in [9.17, 15) is 13.2 Å². The van der Waals surface area contributed by atoms with Crippen molar-refractivity contribution in [3.05, 3.63) is 39.4 Å². The smallest absolute Gasteiger partial charge is 0.252 e. The van der Waals surface area contributed by atoms with Crippen molar-refractivity contribution in [3.63, 3.8) is 0 Å². The second-order valence-corrected chi connectivity index (χ2v) is 9.49. The van der Waals surface area contributed by atoms with Gasteiger partial charge in [0.2, 0.25) is 0 Å². The fourth-order valence-corrected chi connectivity index (χ4v) is 6.09. The van der Waals surface area contributed by atoms with Crippen molar-refractivity contribution in [2.75, 3.05) is 13.1 Å². The molecule has 0 bridgehead atoms. The van der Waals surface area contributed by atoms with Gasteiger partial charge in [-0.05, 0) is 36.4 Å². The number of hydrogen-bond donors (Lipinski definition) is 1. The van der Waals surface area contributed by atoms with Crippen LogP contribution in [0, 0.1) is 0 Å². The lowest BCUT2D eigenvalue weighted by Gasteiger charge is -2.25. The molecule has 3 heterocycles. The molecule has 124 valence electrons. The maximum absolute atomic E-state index is 12.6. The van der Waals surface area contributed by atoms with Gasteiger partial charge in [0, 0.05) is 28.9 Å². The zero-order valence-corrected chi connectivity index (χ0v) is 15.0. The third-order valence-corrected chi connectivity index (χ3v) is 7.89. The van der Waals surface area contributed by atoms with Crippen molar-refractivity contribution >= 4 is 38.6 Å². The van der Waals surface area contributed by atoms with Crippen molar-refractivity contribution in [1.29, 1.82) is 0 Å². The molecule has 1 aliphatic rings. The van der Waals surface area contributed by atoms with E-state index in [0.717, 1.165) is 24.1 Å². The molecule has 2 aromatic rings. The minimum atomic E-state index is -3.38. The van der Waals surface area contributed by atoms with Gasteiger partial charge in [-0.3, -0.25) is 4.79 Å². The third-order valence-electron chi connectivity index (χ3n) is 3.75. The topological polar surface area (TPSA) is 66.5 Å². The van der Waals surface area contributed by atoms with E-state index in [1.165, 1.54) is 22.7 Å². The molecular weight excluding hydrogens is 352 g/mol. The molecule has 2 aromatic heterocycles. The SMILES string of the molecule is O=C(NCc1ccc(S(=O)(=O)N2CCCCC2)s1)c1ccsc1. The molecule has 1 aliphatic heterocycles. The number of thiophene rings is 2. The molecule has 0 radical (unpaired) electrons. The third kappa shape index (κ3) is 3.82. The van der Waals surface area contributed by atoms with Crippen LogP contribution in [0.2, 0.25) is 0 Å². The van der Waals surface area contributed by atoms with Gasteiger partial charge in [0.25, 0.3) is 15.9 Å². The van der Waals surface area contributed by atoms with Crippen molar-refractivity contribution in [1.82, 2.24) is 9.62 Å². The Kier molecular flexibility index (Phi) is 5.15. The van der Waals surface area contributed by atoms with Crippen molar-refractivity contribution < 1.29 is 13.2 Å². The number of amides is 1. The summed E-state index contributed by atoms with van der Waals surface area (Å²) >= 11 is 2.70. The minimum Gasteiger partial charge on any atom is -0.347 e. The van der Waals surface area contributed by atoms with Crippen LogP contribution in [0.15, 0.2) is 33.2 Å². The summed E-state index contributed by atoms with van der Waals surface area (Å²) in [7, 11) is -3.38. The van der Waals surface area contributed by atoms with Crippen molar-refractivity contribution in [3.8, 4) is 0 Å². The van der Waals surface area contributed by atoms with E-state index in [0.29, 0.717) is 29.4 Å². The van der Waals surface area contributed by atoms with Gasteiger partial charge in [-0.1, -0.05) is 6.42 Å². The lowest BCUT2D eigenvalue weighted by atomic mass is 10.2. The minimum absolute atomic E-state index is 0.139. The number of nitrogens with one attached hydrogen (secondary N) is 1. The van der Waals surface area contributed by atoms with Crippen LogP contribution in [0.25, 0.3) is 0 Å². The van der Waals surface area contributed by atoms with Crippen LogP contribution in [0.4, 0.5) is 0 Å². The number of piperidine rings is 1. The van der Waals surface area contributed by atoms with Crippen LogP contribution in [0.5, 0.6) is 0 Å². The Hall–Kier alpha value is -1.22. The number of carbonyl (C=O) groups is 1. The maximum Gasteiger partial charge on any atom is 0.252 e. The monoisotopic (exact) mass is 370 g/mol. The van der Waals surface area contributed by atoms with E-state index in [-0.39, 0.29) is 5.91 Å². The highest BCUT2D eigenvalue weighted by molar-refractivity contribution is 7.91. The van der Waals surface area contributed by atoms with Gasteiger partial charge in [-0.15, -0.1) is 11.3 Å². The molecule has 1 fully saturated rings. The average molecular weight is 371 g/mol. The molecule has 23 heavy (non-hydrogen) atoms. The Balaban J connectivity index is 1.64. The number of nitrogens with zero attached hydrogens (tertiary/aromatic N) is 1. The Bertz CT molecular complexity index is 760. The molecule has 0 spiro atoms. The molecule has 8 heteroatoms. The normalized spacial score (nSPS) is 16.3. The summed E-state index contributed by atoms with van der Waals surface area (Å²) in [5.41, 5.74) is 0.632. The number of rotatable bonds is 5. The first kappa shape index (κ1) is 16.6. The summed E-state index contributed by atoms with van der Waals surface area (Å²) in [6, 6.07) is 5.18. The second kappa shape index (κ2) is 7.12. The standard InChI is InChI=1S/C15H18N2O3S3/c18-15(12-6-9-21-11-12)16-10-13-4-5-14(22-13)23(19,20)17-7-2-1-3-8-17/h4-6,9,11H,1-3,7-8,10H2,(H,16,18). The average Bonchev–Trinajstić information content (AvgIpc) is 3.25. The van der Waals surface area contributed by atoms with Gasteiger partial charge in [0.05, 0.1) is 6.54 Å². The molecule has 5 nitrogen and oxygen atoms in total. The van der Waals surface area contributed by atoms with Crippen LogP contribution in [-0.2, 0) is 16.6 Å². The number of carbonyl (C=O) groups excluding carboxylic acids is 1. The lowest BCUT2D eigenvalue weighted by molar-refractivity contribution is 0.0952. The highest BCUT2D eigenvalue weighted by Gasteiger charge is 2.27. The lowest BCUT2D eigenvalue weighted by Crippen LogP contribution is -2.35. The fraction of sp³-hybridized carbons (Fsp3) is 0.400. The van der Waals surface area contributed by atoms with E-state index in [1.54, 1.807) is 27.9 Å². The molecule has 0 aliphatic carbocycles. The quantitative estimate of drug-likeness (QED) is 0.880. The molecule has 1 N–H and O–H groups in total. The van der Waals surface area contributed by atoms with Gasteiger partial charge in [0.15, 0.2) is 0 Å². The summed E-state index contributed by atoms with van der Waals surface area (Å²) in [5, 5.41) is 6.45. The van der Waals surface area contributed by atoms with E-state index in [4.69, 9.17) is 0 Å². The molecule has 1 saturated heterocycles. The Morgan fingerprint density at radius 1 is 1.17 bits per heavy atom. The zero-order valence-electron chi connectivity index (χ0n) is 12.5. The largest absolute Gasteiger partial charge is 0.347 e. The number of sulfonamides is 1. The Morgan fingerprint density at radius 3 is 2.65 bits per heavy atom. The molecular formula is C15H18N2O3S3. The molecule has 0 unspecified atom stereocenters. The van der Waals surface area contributed by atoms with Crippen LogP contribution < -0.4 is 5.32 Å². The maximum atomic E-state index is 12.6. The Labute approximate surface area is 144 Å². The van der Waals surface area contributed by atoms with Gasteiger partial charge < -0.3 is 5.32 Å². The molecule has 0 atom stereocenters. The molecule has 1 amide bonds. The first-order valence-corrected chi connectivity index (χ1v) is 10.7. The van der Waals surface area contributed by atoms with Crippen LogP contribution in [0.3, 0.4) is 0 Å². The summed E-state index contributed by atoms with van der Waals surface area (Å²) in [4.78, 5) is 12.7. The van der Waals surface area contributed by atoms with Gasteiger partial charge in [-0.2, -0.15) is 15.6 Å². The van der Waals surface area contributed by atoms with Crippen molar-refractivity contribution in [2.24, 2.45) is 0 Å². The second-order valence-electron chi connectivity index (χ2n) is 5.38. The summed E-state index contributed by atoms with van der Waals surface area (Å²) in [6.45, 7) is 1.55. The zero-order chi connectivity index (χ0) is 16.3. The highest BCUT2D eigenvalue weighted by atomic mass is 32.2. The molecule has 0 aromatic carbocycles. The van der Waals surface area contributed by atoms with Gasteiger partial charge >= 0.3 is 0 Å². The fourth-order valence-electron chi connectivity index (χ4n) is 2.49. The summed E-state index contributed by atoms with van der Waals surface area (Å²) < 4.78 is 27.1. The Morgan fingerprint density at radius 2 is 1.96 bits per heavy atom. The van der Waals surface area contributed by atoms with Crippen LogP contribution in [-0.4, -0.2) is 31.7 Å². The number of hydrogen-bond acceptors (Lipinski definition) is 5. The van der Waals surface area contributed by atoms with Gasteiger partial charge in [-0.25, -0.2) is 8.42 Å². The highest BCUT2D eigenvalue weighted by Crippen LogP contribution is 2.27. The van der Waals surface area contributed by atoms with Crippen LogP contribution >= 0.6 is 22.7 Å². The predicted octanol–water partition coefficient (Wildman–Crippen LogP) is 2.91.